The molecule has 1 unspecified atom stereocenters. The number of hydrogen-bond acceptors (Lipinski definition) is 3. The first-order valence-electron chi connectivity index (χ1n) is 8.49. The first kappa shape index (κ1) is 19.3. The Morgan fingerprint density at radius 3 is 3.12 bits per heavy atom. The molecule has 1 N–H and O–H groups in total. The quantitative estimate of drug-likeness (QED) is 0.430. The van der Waals surface area contributed by atoms with Crippen LogP contribution in [0.4, 0.5) is 0 Å². The number of guanidine groups is 1. The van der Waals surface area contributed by atoms with Crippen LogP contribution in [0.15, 0.2) is 23.2 Å². The highest BCUT2D eigenvalue weighted by Crippen LogP contribution is 2.25. The van der Waals surface area contributed by atoms with Gasteiger partial charge in [-0.2, -0.15) is 0 Å². The molecule has 0 amide bonds. The van der Waals surface area contributed by atoms with E-state index < -0.39 is 0 Å². The molecule has 1 saturated heterocycles. The molecule has 0 aliphatic carbocycles. The van der Waals surface area contributed by atoms with E-state index in [4.69, 9.17) is 9.47 Å². The van der Waals surface area contributed by atoms with Crippen LogP contribution in [0, 0.1) is 5.92 Å². The van der Waals surface area contributed by atoms with Crippen molar-refractivity contribution in [3.05, 3.63) is 29.3 Å². The van der Waals surface area contributed by atoms with Gasteiger partial charge in [-0.25, -0.2) is 0 Å². The van der Waals surface area contributed by atoms with Crippen molar-refractivity contribution >= 4 is 29.9 Å². The summed E-state index contributed by atoms with van der Waals surface area (Å²) in [6, 6.07) is 6.54. The first-order valence-corrected chi connectivity index (χ1v) is 8.49. The van der Waals surface area contributed by atoms with Gasteiger partial charge < -0.3 is 19.7 Å². The maximum atomic E-state index is 5.56. The van der Waals surface area contributed by atoms with Crippen LogP contribution in [0.2, 0.25) is 0 Å². The molecule has 0 saturated carbocycles. The van der Waals surface area contributed by atoms with E-state index in [9.17, 15) is 0 Å². The van der Waals surface area contributed by atoms with Crippen LogP contribution in [0.25, 0.3) is 0 Å². The third-order valence-corrected chi connectivity index (χ3v) is 4.65. The number of nitrogens with one attached hydrogen (secondary N) is 1. The summed E-state index contributed by atoms with van der Waals surface area (Å²) in [4.78, 5) is 6.76. The van der Waals surface area contributed by atoms with Gasteiger partial charge in [0.25, 0.3) is 0 Å². The van der Waals surface area contributed by atoms with E-state index in [-0.39, 0.29) is 24.0 Å². The summed E-state index contributed by atoms with van der Waals surface area (Å²) in [6.07, 6.45) is 3.22. The number of nitrogens with zero attached hydrogens (tertiary/aromatic N) is 2. The third-order valence-electron chi connectivity index (χ3n) is 4.65. The Morgan fingerprint density at radius 2 is 2.33 bits per heavy atom. The van der Waals surface area contributed by atoms with Gasteiger partial charge in [-0.05, 0) is 30.0 Å². The van der Waals surface area contributed by atoms with Crippen LogP contribution in [0.3, 0.4) is 0 Å². The highest BCUT2D eigenvalue weighted by molar-refractivity contribution is 14.0. The molecule has 5 nitrogen and oxygen atoms in total. The minimum atomic E-state index is 0. The van der Waals surface area contributed by atoms with Crippen molar-refractivity contribution in [3.8, 4) is 5.75 Å². The number of likely N-dealkylation sites (tertiary alicyclic amines) is 1. The fourth-order valence-corrected chi connectivity index (χ4v) is 3.44. The molecular weight excluding hydrogens is 417 g/mol. The molecule has 1 aromatic rings. The van der Waals surface area contributed by atoms with E-state index in [1.54, 1.807) is 7.11 Å². The average molecular weight is 445 g/mol. The van der Waals surface area contributed by atoms with E-state index >= 15 is 0 Å². The highest BCUT2D eigenvalue weighted by Gasteiger charge is 2.24. The molecule has 2 heterocycles. The van der Waals surface area contributed by atoms with Gasteiger partial charge in [0.1, 0.15) is 5.75 Å². The molecule has 6 heteroatoms. The molecule has 1 atom stereocenters. The molecule has 2 aliphatic rings. The SMILES string of the molecule is CN=C(NCCc1ccc2c(c1)CCO2)N1CCC(COC)C1.I. The summed E-state index contributed by atoms with van der Waals surface area (Å²) < 4.78 is 10.8. The third kappa shape index (κ3) is 4.75. The van der Waals surface area contributed by atoms with Crippen molar-refractivity contribution in [2.75, 3.05) is 47.0 Å². The second-order valence-corrected chi connectivity index (χ2v) is 6.32. The normalized spacial score (nSPS) is 19.7. The lowest BCUT2D eigenvalue weighted by molar-refractivity contribution is 0.157. The van der Waals surface area contributed by atoms with Crippen molar-refractivity contribution in [3.63, 3.8) is 0 Å². The van der Waals surface area contributed by atoms with E-state index in [2.05, 4.69) is 33.4 Å². The molecule has 24 heavy (non-hydrogen) atoms. The molecule has 134 valence electrons. The number of aliphatic imine (C=N–C) groups is 1. The number of hydrogen-bond donors (Lipinski definition) is 1. The molecule has 0 bridgehead atoms. The summed E-state index contributed by atoms with van der Waals surface area (Å²) in [5, 5.41) is 3.49. The summed E-state index contributed by atoms with van der Waals surface area (Å²) in [6.45, 7) is 4.65. The van der Waals surface area contributed by atoms with Gasteiger partial charge in [0.2, 0.25) is 0 Å². The summed E-state index contributed by atoms with van der Waals surface area (Å²) in [5.74, 6) is 2.68. The lowest BCUT2D eigenvalue weighted by Crippen LogP contribution is -2.41. The number of rotatable bonds is 5. The van der Waals surface area contributed by atoms with E-state index in [0.717, 1.165) is 57.4 Å². The smallest absolute Gasteiger partial charge is 0.193 e. The Bertz CT molecular complexity index is 565. The monoisotopic (exact) mass is 445 g/mol. The Labute approximate surface area is 161 Å². The molecule has 0 radical (unpaired) electrons. The van der Waals surface area contributed by atoms with Crippen molar-refractivity contribution in [1.82, 2.24) is 10.2 Å². The van der Waals surface area contributed by atoms with Crippen LogP contribution in [-0.2, 0) is 17.6 Å². The lowest BCUT2D eigenvalue weighted by atomic mass is 10.1. The molecule has 2 aliphatic heterocycles. The number of methoxy groups -OCH3 is 1. The predicted octanol–water partition coefficient (Wildman–Crippen LogP) is 2.33. The minimum absolute atomic E-state index is 0. The number of halogens is 1. The summed E-state index contributed by atoms with van der Waals surface area (Å²) in [7, 11) is 3.64. The topological polar surface area (TPSA) is 46.1 Å². The van der Waals surface area contributed by atoms with Crippen LogP contribution < -0.4 is 10.1 Å². The number of ether oxygens (including phenoxy) is 2. The zero-order valence-electron chi connectivity index (χ0n) is 14.6. The van der Waals surface area contributed by atoms with Crippen LogP contribution in [0.5, 0.6) is 5.75 Å². The molecular formula is C18H28IN3O2. The molecule has 0 aromatic heterocycles. The van der Waals surface area contributed by atoms with E-state index in [1.807, 2.05) is 7.05 Å². The second kappa shape index (κ2) is 9.46. The molecule has 1 fully saturated rings. The fraction of sp³-hybridized carbons (Fsp3) is 0.611. The summed E-state index contributed by atoms with van der Waals surface area (Å²) >= 11 is 0. The van der Waals surface area contributed by atoms with Crippen molar-refractivity contribution in [2.24, 2.45) is 10.9 Å². The van der Waals surface area contributed by atoms with Gasteiger partial charge in [0.15, 0.2) is 5.96 Å². The lowest BCUT2D eigenvalue weighted by Gasteiger charge is -2.21. The maximum absolute atomic E-state index is 5.56. The van der Waals surface area contributed by atoms with Crippen molar-refractivity contribution in [2.45, 2.75) is 19.3 Å². The Morgan fingerprint density at radius 1 is 1.46 bits per heavy atom. The van der Waals surface area contributed by atoms with E-state index in [1.165, 1.54) is 17.5 Å². The Kier molecular flexibility index (Phi) is 7.61. The van der Waals surface area contributed by atoms with Gasteiger partial charge in [-0.15, -0.1) is 24.0 Å². The van der Waals surface area contributed by atoms with Crippen molar-refractivity contribution in [1.29, 1.82) is 0 Å². The van der Waals surface area contributed by atoms with Crippen molar-refractivity contribution < 1.29 is 9.47 Å². The second-order valence-electron chi connectivity index (χ2n) is 6.32. The van der Waals surface area contributed by atoms with Gasteiger partial charge in [-0.3, -0.25) is 4.99 Å². The Balaban J connectivity index is 0.00000208. The summed E-state index contributed by atoms with van der Waals surface area (Å²) in [5.41, 5.74) is 2.70. The zero-order valence-corrected chi connectivity index (χ0v) is 16.9. The fourth-order valence-electron chi connectivity index (χ4n) is 3.44. The largest absolute Gasteiger partial charge is 0.493 e. The number of benzene rings is 1. The highest BCUT2D eigenvalue weighted by atomic mass is 127. The first-order chi connectivity index (χ1) is 11.3. The van der Waals surface area contributed by atoms with Gasteiger partial charge in [0, 0.05) is 46.1 Å². The van der Waals surface area contributed by atoms with Crippen LogP contribution in [-0.4, -0.2) is 57.9 Å². The molecule has 1 aromatic carbocycles. The van der Waals surface area contributed by atoms with Gasteiger partial charge in [-0.1, -0.05) is 12.1 Å². The zero-order chi connectivity index (χ0) is 16.1. The standard InChI is InChI=1S/C18H27N3O2.HI/c1-19-18(21-9-6-15(12-21)13-22-2)20-8-5-14-3-4-17-16(11-14)7-10-23-17;/h3-4,11,15H,5-10,12-13H2,1-2H3,(H,19,20);1H. The Hall–Kier alpha value is -1.02. The van der Waals surface area contributed by atoms with Gasteiger partial charge in [0.05, 0.1) is 13.2 Å². The molecule has 0 spiro atoms. The van der Waals surface area contributed by atoms with Crippen LogP contribution >= 0.6 is 24.0 Å². The minimum Gasteiger partial charge on any atom is -0.493 e. The van der Waals surface area contributed by atoms with Crippen LogP contribution in [0.1, 0.15) is 17.5 Å². The van der Waals surface area contributed by atoms with Gasteiger partial charge >= 0.3 is 0 Å². The van der Waals surface area contributed by atoms with E-state index in [0.29, 0.717) is 5.92 Å². The molecule has 3 rings (SSSR count). The predicted molar refractivity (Wildman–Crippen MR) is 108 cm³/mol. The maximum Gasteiger partial charge on any atom is 0.193 e. The average Bonchev–Trinajstić information content (AvgIpc) is 3.20. The number of fused-ring (bicyclic) bond motifs is 1.